The van der Waals surface area contributed by atoms with E-state index in [1.165, 1.54) is 44.0 Å². The lowest BCUT2D eigenvalue weighted by Crippen LogP contribution is -2.55. The fourth-order valence-corrected chi connectivity index (χ4v) is 2.76. The maximum Gasteiger partial charge on any atom is 0.139 e. The van der Waals surface area contributed by atoms with Gasteiger partial charge in [0.1, 0.15) is 39.2 Å². The number of benzene rings is 2. The Bertz CT molecular complexity index is 590. The Morgan fingerprint density at radius 3 is 1.61 bits per heavy atom. The van der Waals surface area contributed by atoms with E-state index in [1.807, 2.05) is 0 Å². The molecule has 0 amide bonds. The lowest BCUT2D eigenvalue weighted by Gasteiger charge is -2.21. The largest absolute Gasteiger partial charge is 0.139 e. The highest BCUT2D eigenvalue weighted by Gasteiger charge is 2.13. The van der Waals surface area contributed by atoms with Gasteiger partial charge in [0.25, 0.3) is 0 Å². The minimum Gasteiger partial charge on any atom is -0.102 e. The first-order valence-corrected chi connectivity index (χ1v) is 6.58. The Kier molecular flexibility index (Phi) is 3.52. The van der Waals surface area contributed by atoms with Crippen molar-refractivity contribution in [1.82, 2.24) is 0 Å². The van der Waals surface area contributed by atoms with E-state index in [0.717, 1.165) is 0 Å². The molecule has 84 valence electrons. The van der Waals surface area contributed by atoms with Crippen molar-refractivity contribution in [2.45, 2.75) is 6.92 Å². The van der Waals surface area contributed by atoms with Crippen molar-refractivity contribution in [2.75, 3.05) is 0 Å². The molecule has 18 heavy (non-hydrogen) atoms. The van der Waals surface area contributed by atoms with Crippen molar-refractivity contribution in [1.29, 1.82) is 0 Å². The average Bonchev–Trinajstić information content (AvgIpc) is 2.36. The highest BCUT2D eigenvalue weighted by Crippen LogP contribution is 2.18. The number of hydrogen-bond acceptors (Lipinski definition) is 0. The highest BCUT2D eigenvalue weighted by molar-refractivity contribution is 6.68. The van der Waals surface area contributed by atoms with Crippen LogP contribution >= 0.6 is 0 Å². The fourth-order valence-electron chi connectivity index (χ4n) is 2.76. The molecular weight excluding hydrogens is 210 g/mol. The van der Waals surface area contributed by atoms with Gasteiger partial charge in [0.2, 0.25) is 0 Å². The van der Waals surface area contributed by atoms with Crippen LogP contribution in [0, 0.1) is 6.92 Å². The minimum atomic E-state index is 1.35. The summed E-state index contributed by atoms with van der Waals surface area (Å²) in [6.07, 6.45) is 0. The van der Waals surface area contributed by atoms with E-state index < -0.39 is 0 Å². The zero-order chi connectivity index (χ0) is 13.4. The molecule has 0 aliphatic carbocycles. The number of rotatable bonds is 1. The standard InChI is InChI=1S/C13H17B5/c1-6-4-2-3-5-7(6)8-9(14)11(16)13(18)12(17)10(8)15/h2-5H,14-18H2,1H3. The van der Waals surface area contributed by atoms with Gasteiger partial charge < -0.3 is 0 Å². The lowest BCUT2D eigenvalue weighted by molar-refractivity contribution is 1.47. The molecule has 0 saturated heterocycles. The molecule has 2 aromatic carbocycles. The van der Waals surface area contributed by atoms with Crippen LogP contribution in [0.25, 0.3) is 11.1 Å². The van der Waals surface area contributed by atoms with Crippen LogP contribution in [0.4, 0.5) is 0 Å². The summed E-state index contributed by atoms with van der Waals surface area (Å²) in [4.78, 5) is 0. The van der Waals surface area contributed by atoms with E-state index in [1.54, 1.807) is 0 Å². The van der Waals surface area contributed by atoms with Gasteiger partial charge in [0, 0.05) is 0 Å². The molecule has 2 aromatic rings. The highest BCUT2D eigenvalue weighted by atomic mass is 14.1. The molecule has 5 heteroatoms. The molecular formula is C13H17B5. The smallest absolute Gasteiger partial charge is 0.102 e. The van der Waals surface area contributed by atoms with E-state index in [-0.39, 0.29) is 0 Å². The molecule has 0 spiro atoms. The molecule has 0 N–H and O–H groups in total. The minimum absolute atomic E-state index is 1.35. The molecule has 2 rings (SSSR count). The average molecular weight is 227 g/mol. The first-order chi connectivity index (χ1) is 8.45. The molecule has 0 radical (unpaired) electrons. The molecule has 0 saturated carbocycles. The molecule has 0 fully saturated rings. The summed E-state index contributed by atoms with van der Waals surface area (Å²) in [7, 11) is 11.2. The quantitative estimate of drug-likeness (QED) is 0.428. The molecule has 0 unspecified atom stereocenters. The van der Waals surface area contributed by atoms with Gasteiger partial charge in [0.05, 0.1) is 0 Å². The lowest BCUT2D eigenvalue weighted by atomic mass is 9.59. The first kappa shape index (κ1) is 13.2. The Hall–Kier alpha value is -1.24. The van der Waals surface area contributed by atoms with Gasteiger partial charge in [-0.1, -0.05) is 35.2 Å². The summed E-state index contributed by atoms with van der Waals surface area (Å²) in [5.41, 5.74) is 11.3. The van der Waals surface area contributed by atoms with Crippen LogP contribution < -0.4 is 27.3 Å². The Morgan fingerprint density at radius 1 is 0.667 bits per heavy atom. The van der Waals surface area contributed by atoms with Crippen molar-refractivity contribution >= 4 is 66.5 Å². The Labute approximate surface area is 115 Å². The molecule has 0 aliphatic heterocycles. The topological polar surface area (TPSA) is 0 Å². The van der Waals surface area contributed by atoms with Crippen LogP contribution in [0.15, 0.2) is 24.3 Å². The summed E-state index contributed by atoms with van der Waals surface area (Å²) in [6, 6.07) is 8.67. The van der Waals surface area contributed by atoms with Gasteiger partial charge >= 0.3 is 0 Å². The molecule has 0 bridgehead atoms. The first-order valence-electron chi connectivity index (χ1n) is 6.58. The van der Waals surface area contributed by atoms with Crippen LogP contribution in [0.3, 0.4) is 0 Å². The van der Waals surface area contributed by atoms with Crippen LogP contribution in [0.2, 0.25) is 0 Å². The SMILES string of the molecule is Bc1c(B)c(B)c(-c2ccccc2C)c(B)c1B. The van der Waals surface area contributed by atoms with E-state index >= 15 is 0 Å². The molecule has 0 aliphatic rings. The number of aryl methyl sites for hydroxylation is 1. The summed E-state index contributed by atoms with van der Waals surface area (Å²) in [5, 5.41) is 0. The van der Waals surface area contributed by atoms with Gasteiger partial charge in [-0.2, -0.15) is 0 Å². The van der Waals surface area contributed by atoms with Gasteiger partial charge in [-0.15, -0.1) is 16.4 Å². The third-order valence-corrected chi connectivity index (χ3v) is 4.41. The monoisotopic (exact) mass is 228 g/mol. The van der Waals surface area contributed by atoms with Gasteiger partial charge in [-0.3, -0.25) is 0 Å². The van der Waals surface area contributed by atoms with Gasteiger partial charge in [-0.25, -0.2) is 0 Å². The van der Waals surface area contributed by atoms with Gasteiger partial charge in [0.15, 0.2) is 0 Å². The summed E-state index contributed by atoms with van der Waals surface area (Å²) < 4.78 is 0. The number of hydrogen-bond donors (Lipinski definition) is 0. The van der Waals surface area contributed by atoms with E-state index in [2.05, 4.69) is 70.4 Å². The predicted molar refractivity (Wildman–Crippen MR) is 97.5 cm³/mol. The molecule has 0 heterocycles. The van der Waals surface area contributed by atoms with E-state index in [4.69, 9.17) is 0 Å². The summed E-state index contributed by atoms with van der Waals surface area (Å²) in [6.45, 7) is 2.19. The second-order valence-electron chi connectivity index (χ2n) is 5.31. The van der Waals surface area contributed by atoms with Gasteiger partial charge in [-0.05, 0) is 23.6 Å². The van der Waals surface area contributed by atoms with Crippen LogP contribution in [-0.4, -0.2) is 39.2 Å². The maximum atomic E-state index is 2.25. The summed E-state index contributed by atoms with van der Waals surface area (Å²) >= 11 is 0. The summed E-state index contributed by atoms with van der Waals surface area (Å²) in [5.74, 6) is 0. The zero-order valence-corrected chi connectivity index (χ0v) is 12.3. The molecule has 0 nitrogen and oxygen atoms in total. The van der Waals surface area contributed by atoms with Crippen molar-refractivity contribution in [2.24, 2.45) is 0 Å². The van der Waals surface area contributed by atoms with E-state index in [0.29, 0.717) is 0 Å². The van der Waals surface area contributed by atoms with Crippen LogP contribution in [-0.2, 0) is 0 Å². The third kappa shape index (κ3) is 1.96. The normalized spacial score (nSPS) is 10.5. The van der Waals surface area contributed by atoms with Crippen molar-refractivity contribution in [3.05, 3.63) is 29.8 Å². The Morgan fingerprint density at radius 2 is 1.11 bits per heavy atom. The second kappa shape index (κ2) is 4.80. The van der Waals surface area contributed by atoms with E-state index in [9.17, 15) is 0 Å². The van der Waals surface area contributed by atoms with Crippen LogP contribution in [0.1, 0.15) is 5.56 Å². The third-order valence-electron chi connectivity index (χ3n) is 4.41. The zero-order valence-electron chi connectivity index (χ0n) is 12.3. The molecule has 0 aromatic heterocycles. The second-order valence-corrected chi connectivity index (χ2v) is 5.31. The Balaban J connectivity index is 2.85. The van der Waals surface area contributed by atoms with Crippen molar-refractivity contribution in [3.8, 4) is 11.1 Å². The van der Waals surface area contributed by atoms with Crippen molar-refractivity contribution in [3.63, 3.8) is 0 Å². The van der Waals surface area contributed by atoms with Crippen molar-refractivity contribution < 1.29 is 0 Å². The van der Waals surface area contributed by atoms with Crippen LogP contribution in [0.5, 0.6) is 0 Å². The predicted octanol–water partition coefficient (Wildman–Crippen LogP) is -5.05. The fraction of sp³-hybridized carbons (Fsp3) is 0.0769. The maximum absolute atomic E-state index is 2.25. The molecule has 0 atom stereocenters.